The molecule has 0 aliphatic heterocycles. The van der Waals surface area contributed by atoms with Crippen LogP contribution >= 0.6 is 0 Å². The minimum Gasteiger partial charge on any atom is -0.494 e. The second-order valence-corrected chi connectivity index (χ2v) is 4.93. The first-order valence-corrected chi connectivity index (χ1v) is 7.16. The third-order valence-electron chi connectivity index (χ3n) is 3.24. The molecule has 0 spiro atoms. The lowest BCUT2D eigenvalue weighted by Crippen LogP contribution is -2.40. The molecule has 0 saturated carbocycles. The Kier molecular flexibility index (Phi) is 7.59. The lowest BCUT2D eigenvalue weighted by molar-refractivity contribution is -0.120. The van der Waals surface area contributed by atoms with E-state index in [2.05, 4.69) is 31.3 Å². The summed E-state index contributed by atoms with van der Waals surface area (Å²) >= 11 is 0. The molecule has 1 aromatic carbocycles. The van der Waals surface area contributed by atoms with Crippen LogP contribution in [0.25, 0.3) is 0 Å². The number of benzene rings is 1. The topological polar surface area (TPSA) is 39.7 Å². The second-order valence-electron chi connectivity index (χ2n) is 4.93. The molecule has 0 aliphatic rings. The zero-order chi connectivity index (χ0) is 15.0. The maximum Gasteiger partial charge on any atom is 0.171 e. The van der Waals surface area contributed by atoms with Gasteiger partial charge in [-0.15, -0.1) is 0 Å². The van der Waals surface area contributed by atoms with Gasteiger partial charge in [0.25, 0.3) is 0 Å². The highest BCUT2D eigenvalue weighted by Crippen LogP contribution is 2.18. The third kappa shape index (κ3) is 5.12. The van der Waals surface area contributed by atoms with Crippen molar-refractivity contribution in [1.82, 2.24) is 5.32 Å². The molecule has 2 unspecified atom stereocenters. The molecule has 0 heterocycles. The van der Waals surface area contributed by atoms with Gasteiger partial charge in [-0.25, -0.2) is 0 Å². The van der Waals surface area contributed by atoms with E-state index in [4.69, 9.17) is 14.2 Å². The molecule has 2 atom stereocenters. The minimum atomic E-state index is -0.246. The summed E-state index contributed by atoms with van der Waals surface area (Å²) in [4.78, 5) is 0. The Morgan fingerprint density at radius 1 is 1.05 bits per heavy atom. The van der Waals surface area contributed by atoms with Gasteiger partial charge in [0.2, 0.25) is 0 Å². The molecule has 0 saturated heterocycles. The van der Waals surface area contributed by atoms with Gasteiger partial charge in [-0.1, -0.05) is 19.1 Å². The van der Waals surface area contributed by atoms with E-state index in [1.807, 2.05) is 19.1 Å². The average Bonchev–Trinajstić information content (AvgIpc) is 2.46. The normalized spacial score (nSPS) is 14.3. The smallest absolute Gasteiger partial charge is 0.171 e. The van der Waals surface area contributed by atoms with Gasteiger partial charge in [-0.3, -0.25) is 0 Å². The maximum absolute atomic E-state index is 5.58. The van der Waals surface area contributed by atoms with Crippen molar-refractivity contribution in [3.05, 3.63) is 29.8 Å². The highest BCUT2D eigenvalue weighted by Gasteiger charge is 2.18. The van der Waals surface area contributed by atoms with E-state index in [1.54, 1.807) is 14.2 Å². The molecule has 0 radical (unpaired) electrons. The summed E-state index contributed by atoms with van der Waals surface area (Å²) in [6.45, 7) is 7.03. The van der Waals surface area contributed by atoms with E-state index in [-0.39, 0.29) is 18.4 Å². The molecule has 0 fully saturated rings. The quantitative estimate of drug-likeness (QED) is 0.706. The maximum atomic E-state index is 5.58. The van der Waals surface area contributed by atoms with Gasteiger partial charge in [0.15, 0.2) is 6.29 Å². The summed E-state index contributed by atoms with van der Waals surface area (Å²) in [5, 5.41) is 3.47. The van der Waals surface area contributed by atoms with Crippen LogP contribution in [0.1, 0.15) is 38.8 Å². The van der Waals surface area contributed by atoms with Crippen molar-refractivity contribution in [3.8, 4) is 5.75 Å². The van der Waals surface area contributed by atoms with Crippen LogP contribution < -0.4 is 10.1 Å². The molecule has 1 rings (SSSR count). The first-order chi connectivity index (χ1) is 9.62. The summed E-state index contributed by atoms with van der Waals surface area (Å²) in [6, 6.07) is 8.53. The van der Waals surface area contributed by atoms with Gasteiger partial charge in [0.1, 0.15) is 5.75 Å². The van der Waals surface area contributed by atoms with E-state index in [0.29, 0.717) is 0 Å². The summed E-state index contributed by atoms with van der Waals surface area (Å²) in [5.74, 6) is 0.919. The summed E-state index contributed by atoms with van der Waals surface area (Å²) in [7, 11) is 3.30. The number of hydrogen-bond acceptors (Lipinski definition) is 4. The van der Waals surface area contributed by atoms with Crippen LogP contribution in [-0.4, -0.2) is 33.2 Å². The monoisotopic (exact) mass is 281 g/mol. The Balaban J connectivity index is 2.56. The van der Waals surface area contributed by atoms with Crippen molar-refractivity contribution in [3.63, 3.8) is 0 Å². The SMILES string of the molecule is CCCOc1ccc(C(C)NC(C)C(OC)OC)cc1. The number of methoxy groups -OCH3 is 2. The lowest BCUT2D eigenvalue weighted by Gasteiger charge is -2.26. The van der Waals surface area contributed by atoms with Crippen molar-refractivity contribution in [2.24, 2.45) is 0 Å². The van der Waals surface area contributed by atoms with E-state index >= 15 is 0 Å². The van der Waals surface area contributed by atoms with E-state index in [9.17, 15) is 0 Å². The minimum absolute atomic E-state index is 0.107. The first kappa shape index (κ1) is 17.0. The van der Waals surface area contributed by atoms with Gasteiger partial charge in [0.05, 0.1) is 12.6 Å². The van der Waals surface area contributed by atoms with Gasteiger partial charge in [0, 0.05) is 20.3 Å². The number of rotatable bonds is 9. The van der Waals surface area contributed by atoms with Crippen LogP contribution in [0.4, 0.5) is 0 Å². The largest absolute Gasteiger partial charge is 0.494 e. The summed E-state index contributed by atoms with van der Waals surface area (Å²) < 4.78 is 16.1. The molecule has 0 aliphatic carbocycles. The molecule has 1 aromatic rings. The molecule has 1 N–H and O–H groups in total. The zero-order valence-electron chi connectivity index (χ0n) is 13.2. The highest BCUT2D eigenvalue weighted by atomic mass is 16.7. The molecule has 20 heavy (non-hydrogen) atoms. The van der Waals surface area contributed by atoms with Crippen LogP contribution in [-0.2, 0) is 9.47 Å². The Morgan fingerprint density at radius 2 is 1.65 bits per heavy atom. The first-order valence-electron chi connectivity index (χ1n) is 7.16. The molecular formula is C16H27NO3. The van der Waals surface area contributed by atoms with Gasteiger partial charge >= 0.3 is 0 Å². The van der Waals surface area contributed by atoms with Crippen LogP contribution in [0, 0.1) is 0 Å². The average molecular weight is 281 g/mol. The Morgan fingerprint density at radius 3 is 2.15 bits per heavy atom. The highest BCUT2D eigenvalue weighted by molar-refractivity contribution is 5.29. The van der Waals surface area contributed by atoms with E-state index < -0.39 is 0 Å². The zero-order valence-corrected chi connectivity index (χ0v) is 13.2. The Labute approximate surface area is 122 Å². The summed E-state index contributed by atoms with van der Waals surface area (Å²) in [6.07, 6.45) is 0.775. The standard InChI is InChI=1S/C16H27NO3/c1-6-11-20-15-9-7-14(8-10-15)12(2)17-13(3)16(18-4)19-5/h7-10,12-13,16-17H,6,11H2,1-5H3. The van der Waals surface area contributed by atoms with Crippen molar-refractivity contribution in [1.29, 1.82) is 0 Å². The van der Waals surface area contributed by atoms with Gasteiger partial charge < -0.3 is 19.5 Å². The molecular weight excluding hydrogens is 254 g/mol. The molecule has 0 aromatic heterocycles. The number of ether oxygens (including phenoxy) is 3. The fraction of sp³-hybridized carbons (Fsp3) is 0.625. The number of hydrogen-bond donors (Lipinski definition) is 1. The predicted molar refractivity (Wildman–Crippen MR) is 81.0 cm³/mol. The van der Waals surface area contributed by atoms with Gasteiger partial charge in [-0.05, 0) is 38.0 Å². The van der Waals surface area contributed by atoms with Crippen LogP contribution in [0.5, 0.6) is 5.75 Å². The second kappa shape index (κ2) is 8.95. The Bertz CT molecular complexity index is 362. The lowest BCUT2D eigenvalue weighted by atomic mass is 10.1. The fourth-order valence-corrected chi connectivity index (χ4v) is 2.15. The molecule has 4 heteroatoms. The van der Waals surface area contributed by atoms with Crippen LogP contribution in [0.15, 0.2) is 24.3 Å². The van der Waals surface area contributed by atoms with Crippen LogP contribution in [0.2, 0.25) is 0 Å². The predicted octanol–water partition coefficient (Wildman–Crippen LogP) is 3.13. The van der Waals surface area contributed by atoms with E-state index in [0.717, 1.165) is 18.8 Å². The summed E-state index contributed by atoms with van der Waals surface area (Å²) in [5.41, 5.74) is 1.21. The molecule has 114 valence electrons. The fourth-order valence-electron chi connectivity index (χ4n) is 2.15. The van der Waals surface area contributed by atoms with Crippen LogP contribution in [0.3, 0.4) is 0 Å². The van der Waals surface area contributed by atoms with E-state index in [1.165, 1.54) is 5.56 Å². The molecule has 0 bridgehead atoms. The number of nitrogens with one attached hydrogen (secondary N) is 1. The van der Waals surface area contributed by atoms with Gasteiger partial charge in [-0.2, -0.15) is 0 Å². The Hall–Kier alpha value is -1.10. The molecule has 4 nitrogen and oxygen atoms in total. The van der Waals surface area contributed by atoms with Crippen molar-refractivity contribution in [2.45, 2.75) is 45.6 Å². The van der Waals surface area contributed by atoms with Crippen molar-refractivity contribution in [2.75, 3.05) is 20.8 Å². The van der Waals surface area contributed by atoms with Crippen molar-refractivity contribution >= 4 is 0 Å². The van der Waals surface area contributed by atoms with Crippen molar-refractivity contribution < 1.29 is 14.2 Å². The molecule has 0 amide bonds. The third-order valence-corrected chi connectivity index (χ3v) is 3.24.